The molecular formula is C28H25BrN2O4. The van der Waals surface area contributed by atoms with Crippen LogP contribution in [0.5, 0.6) is 5.75 Å². The Balaban J connectivity index is 1.67. The van der Waals surface area contributed by atoms with Gasteiger partial charge in [-0.2, -0.15) is 0 Å². The quantitative estimate of drug-likeness (QED) is 0.326. The fourth-order valence-corrected chi connectivity index (χ4v) is 4.11. The molecule has 1 heterocycles. The van der Waals surface area contributed by atoms with Gasteiger partial charge in [0, 0.05) is 10.0 Å². The molecule has 0 aliphatic carbocycles. The number of imide groups is 2. The van der Waals surface area contributed by atoms with Gasteiger partial charge in [0.15, 0.2) is 0 Å². The number of amides is 4. The number of hydrogen-bond acceptors (Lipinski definition) is 4. The highest BCUT2D eigenvalue weighted by atomic mass is 79.9. The molecule has 7 heteroatoms. The third-order valence-corrected chi connectivity index (χ3v) is 6.58. The Kier molecular flexibility index (Phi) is 6.89. The van der Waals surface area contributed by atoms with Crippen molar-refractivity contribution in [1.29, 1.82) is 0 Å². The molecule has 0 saturated carbocycles. The highest BCUT2D eigenvalue weighted by molar-refractivity contribution is 9.10. The second-order valence-corrected chi connectivity index (χ2v) is 9.53. The number of hydrogen-bond donors (Lipinski definition) is 1. The molecule has 0 unspecified atom stereocenters. The van der Waals surface area contributed by atoms with Crippen molar-refractivity contribution in [3.05, 3.63) is 98.0 Å². The first-order valence-corrected chi connectivity index (χ1v) is 11.9. The van der Waals surface area contributed by atoms with E-state index < -0.39 is 17.8 Å². The number of benzene rings is 3. The van der Waals surface area contributed by atoms with Crippen LogP contribution in [0.2, 0.25) is 0 Å². The van der Waals surface area contributed by atoms with E-state index in [1.807, 2.05) is 45.0 Å². The standard InChI is InChI=1S/C28H25BrN2O4/c1-16-5-7-20(11-18(16)3)15-35-25-10-8-22(29)13-21(25)14-24-26(32)30-28(34)31(27(24)33)23-9-6-17(2)19(4)12-23/h5-14H,15H2,1-4H3,(H,30,32,34)/b24-14+. The van der Waals surface area contributed by atoms with Gasteiger partial charge in [-0.15, -0.1) is 0 Å². The maximum atomic E-state index is 13.3. The molecule has 0 radical (unpaired) electrons. The third-order valence-electron chi connectivity index (χ3n) is 6.09. The predicted molar refractivity (Wildman–Crippen MR) is 139 cm³/mol. The van der Waals surface area contributed by atoms with Gasteiger partial charge < -0.3 is 4.74 Å². The number of anilines is 1. The average molecular weight is 533 g/mol. The highest BCUT2D eigenvalue weighted by Crippen LogP contribution is 2.29. The number of nitrogens with one attached hydrogen (secondary N) is 1. The normalized spacial score (nSPS) is 14.9. The highest BCUT2D eigenvalue weighted by Gasteiger charge is 2.37. The minimum Gasteiger partial charge on any atom is -0.488 e. The fraction of sp³-hybridized carbons (Fsp3) is 0.179. The van der Waals surface area contributed by atoms with Crippen LogP contribution in [-0.4, -0.2) is 17.8 Å². The van der Waals surface area contributed by atoms with Crippen LogP contribution in [-0.2, 0) is 16.2 Å². The molecule has 35 heavy (non-hydrogen) atoms. The number of nitrogens with zero attached hydrogens (tertiary/aromatic N) is 1. The van der Waals surface area contributed by atoms with Crippen molar-refractivity contribution >= 4 is 45.5 Å². The van der Waals surface area contributed by atoms with Crippen LogP contribution in [0.25, 0.3) is 6.08 Å². The molecule has 1 saturated heterocycles. The Hall–Kier alpha value is -3.71. The van der Waals surface area contributed by atoms with E-state index in [0.717, 1.165) is 26.1 Å². The monoisotopic (exact) mass is 532 g/mol. The van der Waals surface area contributed by atoms with Crippen molar-refractivity contribution in [3.8, 4) is 5.75 Å². The summed E-state index contributed by atoms with van der Waals surface area (Å²) in [5.41, 5.74) is 6.12. The summed E-state index contributed by atoms with van der Waals surface area (Å²) >= 11 is 3.44. The number of rotatable bonds is 5. The minimum atomic E-state index is -0.777. The Morgan fingerprint density at radius 1 is 0.857 bits per heavy atom. The zero-order valence-electron chi connectivity index (χ0n) is 19.9. The summed E-state index contributed by atoms with van der Waals surface area (Å²) in [6, 6.07) is 16.0. The van der Waals surface area contributed by atoms with Crippen molar-refractivity contribution in [1.82, 2.24) is 5.32 Å². The van der Waals surface area contributed by atoms with Gasteiger partial charge in [0.2, 0.25) is 0 Å². The average Bonchev–Trinajstić information content (AvgIpc) is 2.80. The van der Waals surface area contributed by atoms with Gasteiger partial charge in [-0.3, -0.25) is 14.9 Å². The number of halogens is 1. The summed E-state index contributed by atoms with van der Waals surface area (Å²) in [5.74, 6) is -0.934. The topological polar surface area (TPSA) is 75.7 Å². The van der Waals surface area contributed by atoms with E-state index in [-0.39, 0.29) is 5.57 Å². The molecule has 1 fully saturated rings. The molecule has 1 aliphatic heterocycles. The maximum absolute atomic E-state index is 13.3. The molecule has 0 spiro atoms. The molecule has 3 aromatic rings. The molecular weight excluding hydrogens is 508 g/mol. The number of carbonyl (C=O) groups is 3. The molecule has 1 aliphatic rings. The molecule has 6 nitrogen and oxygen atoms in total. The molecule has 4 amide bonds. The molecule has 1 N–H and O–H groups in total. The zero-order chi connectivity index (χ0) is 25.3. The number of barbiturate groups is 1. The predicted octanol–water partition coefficient (Wildman–Crippen LogP) is 5.93. The van der Waals surface area contributed by atoms with Gasteiger partial charge in [0.05, 0.1) is 5.69 Å². The van der Waals surface area contributed by atoms with Crippen LogP contribution < -0.4 is 15.0 Å². The van der Waals surface area contributed by atoms with Crippen LogP contribution >= 0.6 is 15.9 Å². The SMILES string of the molecule is Cc1ccc(COc2ccc(Br)cc2/C=C2\C(=O)NC(=O)N(c3ccc(C)c(C)c3)C2=O)cc1C. The van der Waals surface area contributed by atoms with Crippen LogP contribution in [0.3, 0.4) is 0 Å². The van der Waals surface area contributed by atoms with Crippen LogP contribution in [0.15, 0.2) is 64.6 Å². The van der Waals surface area contributed by atoms with E-state index in [0.29, 0.717) is 23.6 Å². The lowest BCUT2D eigenvalue weighted by molar-refractivity contribution is -0.122. The van der Waals surface area contributed by atoms with Gasteiger partial charge in [0.1, 0.15) is 17.9 Å². The lowest BCUT2D eigenvalue weighted by Crippen LogP contribution is -2.54. The largest absolute Gasteiger partial charge is 0.488 e. The van der Waals surface area contributed by atoms with E-state index in [1.165, 1.54) is 17.2 Å². The number of aryl methyl sites for hydroxylation is 4. The minimum absolute atomic E-state index is 0.156. The van der Waals surface area contributed by atoms with E-state index in [1.54, 1.807) is 24.3 Å². The lowest BCUT2D eigenvalue weighted by atomic mass is 10.0. The molecule has 0 aromatic heterocycles. The second kappa shape index (κ2) is 9.88. The lowest BCUT2D eigenvalue weighted by Gasteiger charge is -2.27. The molecule has 0 atom stereocenters. The second-order valence-electron chi connectivity index (χ2n) is 8.62. The smallest absolute Gasteiger partial charge is 0.335 e. The van der Waals surface area contributed by atoms with Gasteiger partial charge in [-0.1, -0.05) is 40.2 Å². The van der Waals surface area contributed by atoms with Crippen LogP contribution in [0, 0.1) is 27.7 Å². The summed E-state index contributed by atoms with van der Waals surface area (Å²) in [5, 5.41) is 2.27. The van der Waals surface area contributed by atoms with Crippen molar-refractivity contribution in [2.24, 2.45) is 0 Å². The first kappa shape index (κ1) is 24.4. The molecule has 4 rings (SSSR count). The Morgan fingerprint density at radius 2 is 1.54 bits per heavy atom. The van der Waals surface area contributed by atoms with Gasteiger partial charge in [-0.05, 0) is 91.9 Å². The molecule has 3 aromatic carbocycles. The maximum Gasteiger partial charge on any atom is 0.335 e. The number of ether oxygens (including phenoxy) is 1. The Labute approximate surface area is 212 Å². The number of carbonyl (C=O) groups excluding carboxylic acids is 3. The summed E-state index contributed by atoms with van der Waals surface area (Å²) in [6.07, 6.45) is 1.46. The van der Waals surface area contributed by atoms with Crippen LogP contribution in [0.1, 0.15) is 33.4 Å². The van der Waals surface area contributed by atoms with Crippen LogP contribution in [0.4, 0.5) is 10.5 Å². The van der Waals surface area contributed by atoms with E-state index >= 15 is 0 Å². The fourth-order valence-electron chi connectivity index (χ4n) is 3.73. The van der Waals surface area contributed by atoms with Crippen molar-refractivity contribution in [2.75, 3.05) is 4.90 Å². The summed E-state index contributed by atoms with van der Waals surface area (Å²) in [7, 11) is 0. The van der Waals surface area contributed by atoms with Gasteiger partial charge in [-0.25, -0.2) is 9.69 Å². The van der Waals surface area contributed by atoms with E-state index in [9.17, 15) is 14.4 Å². The van der Waals surface area contributed by atoms with Crippen molar-refractivity contribution in [3.63, 3.8) is 0 Å². The summed E-state index contributed by atoms with van der Waals surface area (Å²) < 4.78 is 6.82. The first-order chi connectivity index (χ1) is 16.6. The molecule has 0 bridgehead atoms. The molecule has 178 valence electrons. The summed E-state index contributed by atoms with van der Waals surface area (Å²) in [4.78, 5) is 39.5. The van der Waals surface area contributed by atoms with Crippen molar-refractivity contribution < 1.29 is 19.1 Å². The van der Waals surface area contributed by atoms with E-state index in [4.69, 9.17) is 4.74 Å². The Morgan fingerprint density at radius 3 is 2.23 bits per heavy atom. The first-order valence-electron chi connectivity index (χ1n) is 11.1. The van der Waals surface area contributed by atoms with Gasteiger partial charge in [0.25, 0.3) is 11.8 Å². The Bertz CT molecular complexity index is 1390. The summed E-state index contributed by atoms with van der Waals surface area (Å²) in [6.45, 7) is 8.26. The zero-order valence-corrected chi connectivity index (χ0v) is 21.5. The number of urea groups is 1. The van der Waals surface area contributed by atoms with E-state index in [2.05, 4.69) is 34.2 Å². The van der Waals surface area contributed by atoms with Crippen molar-refractivity contribution in [2.45, 2.75) is 34.3 Å². The van der Waals surface area contributed by atoms with Gasteiger partial charge >= 0.3 is 6.03 Å². The third kappa shape index (κ3) is 5.20.